The van der Waals surface area contributed by atoms with Gasteiger partial charge in [0.2, 0.25) is 0 Å². The van der Waals surface area contributed by atoms with E-state index >= 15 is 4.39 Å². The smallest absolute Gasteiger partial charge is 0.351 e. The van der Waals surface area contributed by atoms with Crippen LogP contribution in [0.3, 0.4) is 0 Å². The minimum atomic E-state index is -3.11. The van der Waals surface area contributed by atoms with E-state index in [0.29, 0.717) is 12.1 Å². The molecule has 0 radical (unpaired) electrons. The molecule has 0 amide bonds. The predicted octanol–water partition coefficient (Wildman–Crippen LogP) is 5.95. The van der Waals surface area contributed by atoms with Gasteiger partial charge in [0.15, 0.2) is 31.8 Å². The fourth-order valence-electron chi connectivity index (χ4n) is 9.82. The Morgan fingerprint density at radius 2 is 1.63 bits per heavy atom. The van der Waals surface area contributed by atoms with Gasteiger partial charge >= 0.3 is 11.9 Å². The SMILES string of the molecule is CC[C@@H]1OC(=O)[C@@](C)(F)C(=O)[C@H](C)[C@@H](OC2O[C@H](C)C[C@H](N(C)C)[C@H]2O[Si](CC)(CC)CC)[C@](C)(OC)C[C@@H](C)C2=N/C(=N\O)[C@@H]3C(=O)O[C@]1(C)[C@H]3[C@H]2C. The average Bonchev–Trinajstić information content (AvgIpc) is 3.41. The summed E-state index contributed by atoms with van der Waals surface area (Å²) in [6.07, 6.45) is -2.98. The van der Waals surface area contributed by atoms with Gasteiger partial charge in [-0.05, 0) is 85.1 Å². The van der Waals surface area contributed by atoms with E-state index in [0.717, 1.165) is 25.1 Å². The van der Waals surface area contributed by atoms with Crippen LogP contribution in [0.2, 0.25) is 18.1 Å². The highest BCUT2D eigenvalue weighted by Gasteiger charge is 2.65. The van der Waals surface area contributed by atoms with Gasteiger partial charge in [-0.2, -0.15) is 0 Å². The van der Waals surface area contributed by atoms with Crippen LogP contribution in [0.4, 0.5) is 4.39 Å². The maximum atomic E-state index is 17.0. The van der Waals surface area contributed by atoms with Crippen molar-refractivity contribution >= 4 is 37.6 Å². The standard InChI is InChI=1S/C39H66FN3O10Si/c1-15-26-39(11)28-23(7)29(41-33(42-47)27(28)34(45)52-39)21(5)20-37(9,48-14)32(24(8)31(44)38(10,40)36(46)50-26)51-35-30(53-54(16-2,17-3)18-4)25(43(12)13)19-22(6)49-35/h21-28,30,32,35,47H,15-20H2,1-14H3/b42-33-/t21-,22-,23-,24+,25+,26+,27-,28+,30-,32-,35?,37-,38+,39+/m1/s1. The molecule has 1 N–H and O–H groups in total. The lowest BCUT2D eigenvalue weighted by molar-refractivity contribution is -0.292. The van der Waals surface area contributed by atoms with E-state index in [9.17, 15) is 19.6 Å². The fourth-order valence-corrected chi connectivity index (χ4v) is 12.7. The van der Waals surface area contributed by atoms with Crippen molar-refractivity contribution in [3.8, 4) is 0 Å². The summed E-state index contributed by atoms with van der Waals surface area (Å²) in [6, 6.07) is 2.58. The summed E-state index contributed by atoms with van der Waals surface area (Å²) in [6.45, 7) is 19.9. The average molecular weight is 784 g/mol. The number of amidine groups is 1. The third-order valence-electron chi connectivity index (χ3n) is 13.3. The van der Waals surface area contributed by atoms with E-state index in [1.54, 1.807) is 20.8 Å². The molecule has 0 aromatic carbocycles. The summed E-state index contributed by atoms with van der Waals surface area (Å²) >= 11 is 0. The van der Waals surface area contributed by atoms with Crippen LogP contribution in [0.5, 0.6) is 0 Å². The van der Waals surface area contributed by atoms with Gasteiger partial charge in [-0.3, -0.25) is 9.59 Å². The topological polar surface area (TPSA) is 155 Å². The second kappa shape index (κ2) is 16.7. The summed E-state index contributed by atoms with van der Waals surface area (Å²) in [5, 5.41) is 13.6. The number of halogens is 1. The van der Waals surface area contributed by atoms with Crippen LogP contribution in [0.1, 0.15) is 95.4 Å². The Labute approximate surface area is 322 Å². The Morgan fingerprint density at radius 1 is 1.02 bits per heavy atom. The van der Waals surface area contributed by atoms with Gasteiger partial charge in [0.1, 0.15) is 18.1 Å². The van der Waals surface area contributed by atoms with Gasteiger partial charge in [-0.25, -0.2) is 14.2 Å². The predicted molar refractivity (Wildman–Crippen MR) is 204 cm³/mol. The zero-order valence-corrected chi connectivity index (χ0v) is 35.9. The molecule has 3 fully saturated rings. The zero-order chi connectivity index (χ0) is 40.7. The molecule has 0 aromatic rings. The number of hydrogen-bond acceptors (Lipinski definition) is 12. The van der Waals surface area contributed by atoms with E-state index in [1.807, 2.05) is 34.9 Å². The molecular weight excluding hydrogens is 718 g/mol. The molecule has 54 heavy (non-hydrogen) atoms. The molecule has 0 saturated carbocycles. The molecular formula is C39H66FN3O10Si. The molecule has 14 atom stereocenters. The number of ketones is 1. The highest BCUT2D eigenvalue weighted by Crippen LogP contribution is 2.51. The number of fused-ring (bicyclic) bond motifs is 1. The molecule has 4 rings (SSSR count). The van der Waals surface area contributed by atoms with Crippen LogP contribution in [-0.2, 0) is 42.5 Å². The van der Waals surface area contributed by atoms with Crippen LogP contribution in [0, 0.1) is 29.6 Å². The number of ether oxygens (including phenoxy) is 5. The van der Waals surface area contributed by atoms with E-state index in [-0.39, 0.29) is 30.8 Å². The first kappa shape index (κ1) is 44.4. The summed E-state index contributed by atoms with van der Waals surface area (Å²) in [5.74, 6) is -7.06. The van der Waals surface area contributed by atoms with Gasteiger partial charge in [0.05, 0.1) is 17.8 Å². The Kier molecular flexibility index (Phi) is 13.7. The first-order valence-electron chi connectivity index (χ1n) is 19.8. The quantitative estimate of drug-likeness (QED) is 0.0919. The number of oxime groups is 1. The van der Waals surface area contributed by atoms with E-state index < -0.39 is 97.1 Å². The molecule has 4 aliphatic rings. The van der Waals surface area contributed by atoms with Crippen LogP contribution < -0.4 is 0 Å². The van der Waals surface area contributed by atoms with E-state index in [1.165, 1.54) is 14.0 Å². The first-order chi connectivity index (χ1) is 25.1. The number of alkyl halides is 1. The molecule has 3 saturated heterocycles. The Bertz CT molecular complexity index is 1450. The Hall–Kier alpha value is -2.30. The van der Waals surface area contributed by atoms with E-state index in [2.05, 4.69) is 30.8 Å². The molecule has 2 bridgehead atoms. The third kappa shape index (κ3) is 7.83. The number of carbonyl (C=O) groups is 3. The lowest BCUT2D eigenvalue weighted by Crippen LogP contribution is -2.63. The van der Waals surface area contributed by atoms with E-state index in [4.69, 9.17) is 33.1 Å². The molecule has 1 unspecified atom stereocenters. The molecule has 4 aliphatic heterocycles. The van der Waals surface area contributed by atoms with Crippen molar-refractivity contribution in [1.82, 2.24) is 4.90 Å². The molecule has 308 valence electrons. The number of nitrogens with zero attached hydrogens (tertiary/aromatic N) is 3. The van der Waals surface area contributed by atoms with Gasteiger partial charge < -0.3 is 38.2 Å². The number of aliphatic imine (C=N–C) groups is 1. The number of cyclic esters (lactones) is 1. The van der Waals surface area contributed by atoms with Crippen molar-refractivity contribution in [2.24, 2.45) is 39.7 Å². The number of hydrogen-bond donors (Lipinski definition) is 1. The highest BCUT2D eigenvalue weighted by molar-refractivity contribution is 6.73. The van der Waals surface area contributed by atoms with Gasteiger partial charge in [0.25, 0.3) is 5.67 Å². The summed E-state index contributed by atoms with van der Waals surface area (Å²) in [4.78, 5) is 48.6. The van der Waals surface area contributed by atoms with Crippen LogP contribution in [0.25, 0.3) is 0 Å². The number of carbonyl (C=O) groups excluding carboxylic acids is 3. The van der Waals surface area contributed by atoms with Gasteiger partial charge in [-0.15, -0.1) is 0 Å². The third-order valence-corrected chi connectivity index (χ3v) is 18.0. The van der Waals surface area contributed by atoms with Gasteiger partial charge in [-0.1, -0.05) is 53.6 Å². The second-order valence-electron chi connectivity index (χ2n) is 16.9. The van der Waals surface area contributed by atoms with Crippen LogP contribution in [-0.4, -0.2) is 123 Å². The number of rotatable bonds is 10. The number of likely N-dealkylation sites (N-methyl/N-ethyl adjacent to an activating group) is 1. The Balaban J connectivity index is 1.91. The zero-order valence-electron chi connectivity index (χ0n) is 34.9. The van der Waals surface area contributed by atoms with Crippen molar-refractivity contribution in [2.45, 2.75) is 167 Å². The lowest BCUT2D eigenvalue weighted by Gasteiger charge is -2.50. The van der Waals surface area contributed by atoms with Gasteiger partial charge in [0, 0.05) is 36.6 Å². The maximum absolute atomic E-state index is 17.0. The number of esters is 2. The molecule has 4 heterocycles. The summed E-state index contributed by atoms with van der Waals surface area (Å²) < 4.78 is 55.8. The van der Waals surface area contributed by atoms with Crippen LogP contribution >= 0.6 is 0 Å². The minimum Gasteiger partial charge on any atom is -0.455 e. The second-order valence-corrected chi connectivity index (χ2v) is 21.7. The Morgan fingerprint density at radius 3 is 2.15 bits per heavy atom. The maximum Gasteiger partial charge on any atom is 0.351 e. The monoisotopic (exact) mass is 783 g/mol. The summed E-state index contributed by atoms with van der Waals surface area (Å²) in [5.41, 5.74) is -5.25. The number of methoxy groups -OCH3 is 1. The first-order valence-corrected chi connectivity index (χ1v) is 22.4. The number of Topliss-reactive ketones (excluding diaryl/α,β-unsaturated/α-hetero) is 1. The largest absolute Gasteiger partial charge is 0.455 e. The minimum absolute atomic E-state index is 0.0906. The molecule has 0 aromatic heterocycles. The van der Waals surface area contributed by atoms with Crippen LogP contribution in [0.15, 0.2) is 10.1 Å². The van der Waals surface area contributed by atoms with Crippen molar-refractivity contribution in [3.05, 3.63) is 0 Å². The molecule has 0 aliphatic carbocycles. The lowest BCUT2D eigenvalue weighted by atomic mass is 9.65. The molecule has 13 nitrogen and oxygen atoms in total. The normalized spacial score (nSPS) is 43.1. The molecule has 0 spiro atoms. The van der Waals surface area contributed by atoms with Crippen molar-refractivity contribution in [2.75, 3.05) is 21.2 Å². The molecule has 15 heteroatoms. The highest BCUT2D eigenvalue weighted by atomic mass is 28.4. The summed E-state index contributed by atoms with van der Waals surface area (Å²) in [7, 11) is 3.26. The fraction of sp³-hybridized carbons (Fsp3) is 0.872. The van der Waals surface area contributed by atoms with Crippen molar-refractivity contribution in [1.29, 1.82) is 0 Å². The van der Waals surface area contributed by atoms with Crippen molar-refractivity contribution in [3.63, 3.8) is 0 Å². The van der Waals surface area contributed by atoms with Crippen molar-refractivity contribution < 1.29 is 52.1 Å².